The smallest absolute Gasteiger partial charge is 0.311 e. The molecule has 0 unspecified atom stereocenters. The lowest BCUT2D eigenvalue weighted by atomic mass is 10.2. The Morgan fingerprint density at radius 3 is 2.59 bits per heavy atom. The van der Waals surface area contributed by atoms with Crippen molar-refractivity contribution < 1.29 is 14.4 Å². The van der Waals surface area contributed by atoms with Gasteiger partial charge in [-0.05, 0) is 23.8 Å². The molecule has 2 aromatic carbocycles. The molecule has 0 amide bonds. The van der Waals surface area contributed by atoms with Crippen molar-refractivity contribution >= 4 is 17.4 Å². The summed E-state index contributed by atoms with van der Waals surface area (Å²) in [4.78, 5) is 10.8. The summed E-state index contributed by atoms with van der Waals surface area (Å²) in [6, 6.07) is 14.7. The molecule has 0 atom stereocenters. The molecule has 0 aliphatic carbocycles. The Labute approximate surface area is 160 Å². The molecule has 8 nitrogen and oxygen atoms in total. The van der Waals surface area contributed by atoms with Crippen LogP contribution in [-0.4, -0.2) is 33.9 Å². The fourth-order valence-corrected chi connectivity index (χ4v) is 3.48. The minimum Gasteiger partial charge on any atom is -0.490 e. The SMILES string of the molecule is COCc1nnc(SCc2ccc(OC)c([N+](=O)[O-])c2)n1-c1ccccc1. The van der Waals surface area contributed by atoms with Gasteiger partial charge in [-0.3, -0.25) is 14.7 Å². The molecule has 0 spiro atoms. The van der Waals surface area contributed by atoms with Crippen LogP contribution in [0, 0.1) is 10.1 Å². The third kappa shape index (κ3) is 4.26. The second-order valence-corrected chi connectivity index (χ2v) is 6.50. The van der Waals surface area contributed by atoms with Gasteiger partial charge in [0.25, 0.3) is 0 Å². The summed E-state index contributed by atoms with van der Waals surface area (Å²) < 4.78 is 12.2. The summed E-state index contributed by atoms with van der Waals surface area (Å²) in [7, 11) is 3.02. The van der Waals surface area contributed by atoms with Crippen LogP contribution in [0.5, 0.6) is 5.75 Å². The first kappa shape index (κ1) is 18.9. The van der Waals surface area contributed by atoms with E-state index in [0.717, 1.165) is 11.3 Å². The number of ether oxygens (including phenoxy) is 2. The van der Waals surface area contributed by atoms with Crippen molar-refractivity contribution in [1.82, 2.24) is 14.8 Å². The fraction of sp³-hybridized carbons (Fsp3) is 0.222. The Hall–Kier alpha value is -2.91. The Morgan fingerprint density at radius 2 is 1.93 bits per heavy atom. The number of hydrogen-bond donors (Lipinski definition) is 0. The second kappa shape index (κ2) is 8.65. The largest absolute Gasteiger partial charge is 0.490 e. The number of methoxy groups -OCH3 is 2. The maximum absolute atomic E-state index is 11.2. The van der Waals surface area contributed by atoms with Crippen LogP contribution in [0.2, 0.25) is 0 Å². The topological polar surface area (TPSA) is 92.3 Å². The van der Waals surface area contributed by atoms with Gasteiger partial charge in [-0.2, -0.15) is 0 Å². The molecule has 0 saturated heterocycles. The molecule has 0 bridgehead atoms. The lowest BCUT2D eigenvalue weighted by Gasteiger charge is -2.10. The molecule has 0 fully saturated rings. The van der Waals surface area contributed by atoms with Crippen molar-refractivity contribution in [2.45, 2.75) is 17.5 Å². The third-order valence-electron chi connectivity index (χ3n) is 3.80. The van der Waals surface area contributed by atoms with Gasteiger partial charge in [0.05, 0.1) is 12.0 Å². The van der Waals surface area contributed by atoms with Gasteiger partial charge in [-0.15, -0.1) is 10.2 Å². The molecule has 1 aromatic heterocycles. The number of thioether (sulfide) groups is 1. The summed E-state index contributed by atoms with van der Waals surface area (Å²) in [5.74, 6) is 1.43. The zero-order valence-electron chi connectivity index (χ0n) is 14.9. The number of rotatable bonds is 8. The van der Waals surface area contributed by atoms with E-state index in [1.165, 1.54) is 24.9 Å². The first-order chi connectivity index (χ1) is 13.1. The van der Waals surface area contributed by atoms with E-state index >= 15 is 0 Å². The number of benzene rings is 2. The molecule has 0 aliphatic heterocycles. The summed E-state index contributed by atoms with van der Waals surface area (Å²) >= 11 is 1.45. The van der Waals surface area contributed by atoms with Crippen LogP contribution in [0.15, 0.2) is 53.7 Å². The van der Waals surface area contributed by atoms with Crippen LogP contribution in [0.3, 0.4) is 0 Å². The molecule has 0 aliphatic rings. The quantitative estimate of drug-likeness (QED) is 0.332. The molecule has 3 aromatic rings. The van der Waals surface area contributed by atoms with E-state index in [1.807, 2.05) is 34.9 Å². The minimum atomic E-state index is -0.448. The number of nitro benzene ring substituents is 1. The van der Waals surface area contributed by atoms with Gasteiger partial charge in [0.2, 0.25) is 0 Å². The lowest BCUT2D eigenvalue weighted by molar-refractivity contribution is -0.385. The lowest BCUT2D eigenvalue weighted by Crippen LogP contribution is -2.03. The molecule has 140 valence electrons. The average Bonchev–Trinajstić information content (AvgIpc) is 3.09. The van der Waals surface area contributed by atoms with Gasteiger partial charge in [0, 0.05) is 24.6 Å². The average molecular weight is 386 g/mol. The monoisotopic (exact) mass is 386 g/mol. The van der Waals surface area contributed by atoms with Crippen LogP contribution in [0.4, 0.5) is 5.69 Å². The Kier molecular flexibility index (Phi) is 6.05. The summed E-state index contributed by atoms with van der Waals surface area (Å²) in [6.07, 6.45) is 0. The molecular formula is C18H18N4O4S. The molecule has 27 heavy (non-hydrogen) atoms. The van der Waals surface area contributed by atoms with Crippen LogP contribution in [-0.2, 0) is 17.1 Å². The van der Waals surface area contributed by atoms with Gasteiger partial charge in [0.15, 0.2) is 16.7 Å². The van der Waals surface area contributed by atoms with Crippen molar-refractivity contribution in [2.75, 3.05) is 14.2 Å². The maximum atomic E-state index is 11.2. The zero-order chi connectivity index (χ0) is 19.2. The van der Waals surface area contributed by atoms with Crippen LogP contribution in [0.1, 0.15) is 11.4 Å². The summed E-state index contributed by atoms with van der Waals surface area (Å²) in [6.45, 7) is 0.330. The highest BCUT2D eigenvalue weighted by molar-refractivity contribution is 7.98. The van der Waals surface area contributed by atoms with Crippen LogP contribution in [0.25, 0.3) is 5.69 Å². The van der Waals surface area contributed by atoms with E-state index in [0.29, 0.717) is 23.3 Å². The van der Waals surface area contributed by atoms with E-state index in [1.54, 1.807) is 19.2 Å². The Balaban J connectivity index is 1.87. The van der Waals surface area contributed by atoms with Crippen molar-refractivity contribution in [1.29, 1.82) is 0 Å². The highest BCUT2D eigenvalue weighted by Crippen LogP contribution is 2.31. The molecule has 0 saturated carbocycles. The van der Waals surface area contributed by atoms with Crippen molar-refractivity contribution in [3.8, 4) is 11.4 Å². The van der Waals surface area contributed by atoms with E-state index in [-0.39, 0.29) is 11.4 Å². The molecule has 9 heteroatoms. The zero-order valence-corrected chi connectivity index (χ0v) is 15.7. The number of para-hydroxylation sites is 1. The van der Waals surface area contributed by atoms with Gasteiger partial charge in [-0.1, -0.05) is 36.0 Å². The standard InChI is InChI=1S/C18H18N4O4S/c1-25-11-17-19-20-18(21(17)14-6-4-3-5-7-14)27-12-13-8-9-16(26-2)15(10-13)22(23)24/h3-10H,11-12H2,1-2H3. The predicted molar refractivity (Wildman–Crippen MR) is 101 cm³/mol. The normalized spacial score (nSPS) is 10.7. The first-order valence-corrected chi connectivity index (χ1v) is 9.05. The summed E-state index contributed by atoms with van der Waals surface area (Å²) in [5.41, 5.74) is 1.67. The van der Waals surface area contributed by atoms with Gasteiger partial charge < -0.3 is 9.47 Å². The first-order valence-electron chi connectivity index (χ1n) is 8.06. The van der Waals surface area contributed by atoms with E-state index in [2.05, 4.69) is 10.2 Å². The number of nitrogens with zero attached hydrogens (tertiary/aromatic N) is 4. The van der Waals surface area contributed by atoms with E-state index in [9.17, 15) is 10.1 Å². The molecule has 1 heterocycles. The predicted octanol–water partition coefficient (Wildman–Crippen LogP) is 3.62. The Bertz CT molecular complexity index is 930. The number of hydrogen-bond acceptors (Lipinski definition) is 7. The van der Waals surface area contributed by atoms with Gasteiger partial charge >= 0.3 is 5.69 Å². The highest BCUT2D eigenvalue weighted by atomic mass is 32.2. The molecule has 3 rings (SSSR count). The Morgan fingerprint density at radius 1 is 1.15 bits per heavy atom. The van der Waals surface area contributed by atoms with E-state index in [4.69, 9.17) is 9.47 Å². The second-order valence-electron chi connectivity index (χ2n) is 5.55. The third-order valence-corrected chi connectivity index (χ3v) is 4.80. The number of nitro groups is 1. The van der Waals surface area contributed by atoms with Crippen molar-refractivity contribution in [3.63, 3.8) is 0 Å². The van der Waals surface area contributed by atoms with Crippen LogP contribution < -0.4 is 4.74 Å². The number of aromatic nitrogens is 3. The van der Waals surface area contributed by atoms with Crippen molar-refractivity contribution in [2.24, 2.45) is 0 Å². The van der Waals surface area contributed by atoms with Crippen LogP contribution >= 0.6 is 11.8 Å². The fourth-order valence-electron chi connectivity index (χ4n) is 2.57. The minimum absolute atomic E-state index is 0.0554. The molecule has 0 N–H and O–H groups in total. The highest BCUT2D eigenvalue weighted by Gasteiger charge is 2.17. The van der Waals surface area contributed by atoms with Gasteiger partial charge in [0.1, 0.15) is 6.61 Å². The molecular weight excluding hydrogens is 368 g/mol. The molecule has 0 radical (unpaired) electrons. The van der Waals surface area contributed by atoms with E-state index < -0.39 is 4.92 Å². The maximum Gasteiger partial charge on any atom is 0.311 e. The van der Waals surface area contributed by atoms with Crippen molar-refractivity contribution in [3.05, 3.63) is 70.0 Å². The summed E-state index contributed by atoms with van der Waals surface area (Å²) in [5, 5.41) is 20.3. The van der Waals surface area contributed by atoms with Gasteiger partial charge in [-0.25, -0.2) is 0 Å².